The fourth-order valence-corrected chi connectivity index (χ4v) is 4.36. The Balaban J connectivity index is 1.63. The SMILES string of the molecule is Cc1cc(S(C)(=O)=O)ccc1NC(=O)N1CCNCC1c1ccnc2[nH]c(=O)[nH]c12. The highest BCUT2D eigenvalue weighted by molar-refractivity contribution is 7.90. The first-order valence-corrected chi connectivity index (χ1v) is 11.3. The number of benzene rings is 1. The number of piperazine rings is 1. The van der Waals surface area contributed by atoms with Gasteiger partial charge >= 0.3 is 11.7 Å². The lowest BCUT2D eigenvalue weighted by molar-refractivity contribution is 0.171. The molecular formula is C19H22N6O4S. The van der Waals surface area contributed by atoms with Crippen molar-refractivity contribution in [3.63, 3.8) is 0 Å². The van der Waals surface area contributed by atoms with Crippen molar-refractivity contribution in [2.75, 3.05) is 31.2 Å². The molecule has 1 saturated heterocycles. The van der Waals surface area contributed by atoms with E-state index < -0.39 is 9.84 Å². The van der Waals surface area contributed by atoms with Gasteiger partial charge in [-0.05, 0) is 36.8 Å². The minimum Gasteiger partial charge on any atom is -0.315 e. The average Bonchev–Trinajstić information content (AvgIpc) is 3.09. The molecule has 158 valence electrons. The Morgan fingerprint density at radius 3 is 2.80 bits per heavy atom. The van der Waals surface area contributed by atoms with Crippen molar-refractivity contribution < 1.29 is 13.2 Å². The normalized spacial score (nSPS) is 17.3. The quantitative estimate of drug-likeness (QED) is 0.491. The van der Waals surface area contributed by atoms with E-state index in [-0.39, 0.29) is 22.7 Å². The van der Waals surface area contributed by atoms with Gasteiger partial charge in [0.2, 0.25) is 0 Å². The lowest BCUT2D eigenvalue weighted by Gasteiger charge is -2.36. The summed E-state index contributed by atoms with van der Waals surface area (Å²) in [5, 5.41) is 6.16. The number of pyridine rings is 1. The molecular weight excluding hydrogens is 408 g/mol. The van der Waals surface area contributed by atoms with Crippen LogP contribution in [0.4, 0.5) is 10.5 Å². The predicted molar refractivity (Wildman–Crippen MR) is 112 cm³/mol. The topological polar surface area (TPSA) is 140 Å². The van der Waals surface area contributed by atoms with Gasteiger partial charge < -0.3 is 20.5 Å². The van der Waals surface area contributed by atoms with Crippen LogP contribution in [0.25, 0.3) is 11.2 Å². The summed E-state index contributed by atoms with van der Waals surface area (Å²) in [5.74, 6) is 0. The number of anilines is 1. The molecule has 10 nitrogen and oxygen atoms in total. The summed E-state index contributed by atoms with van der Waals surface area (Å²) in [7, 11) is -3.32. The lowest BCUT2D eigenvalue weighted by atomic mass is 10.0. The molecule has 0 radical (unpaired) electrons. The van der Waals surface area contributed by atoms with Crippen molar-refractivity contribution in [1.29, 1.82) is 0 Å². The summed E-state index contributed by atoms with van der Waals surface area (Å²) in [5.41, 5.74) is 2.63. The average molecular weight is 430 g/mol. The zero-order valence-corrected chi connectivity index (χ0v) is 17.3. The molecule has 30 heavy (non-hydrogen) atoms. The lowest BCUT2D eigenvalue weighted by Crippen LogP contribution is -2.50. The highest BCUT2D eigenvalue weighted by Crippen LogP contribution is 2.28. The smallest absolute Gasteiger partial charge is 0.315 e. The zero-order valence-electron chi connectivity index (χ0n) is 16.5. The molecule has 1 aromatic carbocycles. The second-order valence-corrected chi connectivity index (χ2v) is 9.31. The van der Waals surface area contributed by atoms with Gasteiger partial charge in [0.25, 0.3) is 0 Å². The van der Waals surface area contributed by atoms with Gasteiger partial charge in [-0.1, -0.05) is 0 Å². The van der Waals surface area contributed by atoms with E-state index in [4.69, 9.17) is 0 Å². The maximum atomic E-state index is 13.1. The van der Waals surface area contributed by atoms with Crippen LogP contribution in [0.3, 0.4) is 0 Å². The van der Waals surface area contributed by atoms with Crippen molar-refractivity contribution >= 4 is 32.7 Å². The van der Waals surface area contributed by atoms with Crippen LogP contribution in [0.1, 0.15) is 17.2 Å². The van der Waals surface area contributed by atoms with Crippen LogP contribution >= 0.6 is 0 Å². The first-order chi connectivity index (χ1) is 14.2. The number of urea groups is 1. The van der Waals surface area contributed by atoms with Crippen LogP contribution in [-0.2, 0) is 9.84 Å². The van der Waals surface area contributed by atoms with Crippen LogP contribution in [-0.4, -0.2) is 60.2 Å². The first kappa shape index (κ1) is 20.1. The molecule has 3 aromatic rings. The number of rotatable bonds is 3. The Morgan fingerprint density at radius 1 is 1.27 bits per heavy atom. The summed E-state index contributed by atoms with van der Waals surface area (Å²) in [6, 6.07) is 5.78. The number of carbonyl (C=O) groups excluding carboxylic acids is 1. The molecule has 1 unspecified atom stereocenters. The molecule has 3 heterocycles. The second-order valence-electron chi connectivity index (χ2n) is 7.30. The van der Waals surface area contributed by atoms with E-state index in [1.165, 1.54) is 12.1 Å². The minimum atomic E-state index is -3.32. The fourth-order valence-electron chi connectivity index (χ4n) is 3.65. The van der Waals surface area contributed by atoms with Gasteiger partial charge in [0.1, 0.15) is 0 Å². The molecule has 1 aliphatic rings. The van der Waals surface area contributed by atoms with Gasteiger partial charge in [-0.3, -0.25) is 4.98 Å². The number of nitrogens with zero attached hydrogens (tertiary/aromatic N) is 2. The van der Waals surface area contributed by atoms with Crippen LogP contribution in [0.15, 0.2) is 40.2 Å². The number of aryl methyl sites for hydroxylation is 1. The van der Waals surface area contributed by atoms with E-state index in [0.29, 0.717) is 42.0 Å². The third kappa shape index (κ3) is 3.81. The number of nitrogens with one attached hydrogen (secondary N) is 4. The Morgan fingerprint density at radius 2 is 2.07 bits per heavy atom. The number of imidazole rings is 1. The van der Waals surface area contributed by atoms with Crippen LogP contribution < -0.4 is 16.3 Å². The van der Waals surface area contributed by atoms with Crippen LogP contribution in [0, 0.1) is 6.92 Å². The van der Waals surface area contributed by atoms with Gasteiger partial charge in [-0.15, -0.1) is 0 Å². The highest BCUT2D eigenvalue weighted by atomic mass is 32.2. The van der Waals surface area contributed by atoms with Gasteiger partial charge in [0.05, 0.1) is 16.5 Å². The van der Waals surface area contributed by atoms with Gasteiger partial charge in [0, 0.05) is 43.3 Å². The van der Waals surface area contributed by atoms with E-state index in [1.807, 2.05) is 0 Å². The maximum Gasteiger partial charge on any atom is 0.325 e. The molecule has 0 bridgehead atoms. The number of carbonyl (C=O) groups is 1. The molecule has 0 aliphatic carbocycles. The molecule has 2 amide bonds. The first-order valence-electron chi connectivity index (χ1n) is 9.40. The third-order valence-corrected chi connectivity index (χ3v) is 6.29. The van der Waals surface area contributed by atoms with Crippen molar-refractivity contribution in [1.82, 2.24) is 25.2 Å². The maximum absolute atomic E-state index is 13.1. The molecule has 4 N–H and O–H groups in total. The predicted octanol–water partition coefficient (Wildman–Crippen LogP) is 1.14. The van der Waals surface area contributed by atoms with Gasteiger partial charge in [0.15, 0.2) is 15.5 Å². The summed E-state index contributed by atoms with van der Waals surface area (Å²) in [6.07, 6.45) is 2.74. The number of H-pyrrole nitrogens is 2. The monoisotopic (exact) mass is 430 g/mol. The number of aromatic amines is 2. The van der Waals surface area contributed by atoms with Crippen molar-refractivity contribution in [2.24, 2.45) is 0 Å². The summed E-state index contributed by atoms with van der Waals surface area (Å²) >= 11 is 0. The molecule has 4 rings (SSSR count). The molecule has 1 atom stereocenters. The van der Waals surface area contributed by atoms with Gasteiger partial charge in [-0.2, -0.15) is 0 Å². The Hall–Kier alpha value is -3.18. The fraction of sp³-hybridized carbons (Fsp3) is 0.316. The van der Waals surface area contributed by atoms with Crippen molar-refractivity contribution in [3.05, 3.63) is 52.1 Å². The van der Waals surface area contributed by atoms with Crippen molar-refractivity contribution in [2.45, 2.75) is 17.9 Å². The standard InChI is InChI=1S/C19H22N6O4S/c1-11-9-12(30(2,28)29)3-4-14(11)22-19(27)25-8-7-20-10-15(25)13-5-6-21-17-16(13)23-18(26)24-17/h3-6,9,15,20H,7-8,10H2,1-2H3,(H,22,27)(H2,21,23,24,26). The number of fused-ring (bicyclic) bond motifs is 1. The molecule has 0 spiro atoms. The largest absolute Gasteiger partial charge is 0.325 e. The Bertz CT molecular complexity index is 1280. The van der Waals surface area contributed by atoms with Crippen LogP contribution in [0.5, 0.6) is 0 Å². The summed E-state index contributed by atoms with van der Waals surface area (Å²) in [6.45, 7) is 3.37. The number of hydrogen-bond acceptors (Lipinski definition) is 6. The molecule has 1 aliphatic heterocycles. The number of amides is 2. The van der Waals surface area contributed by atoms with E-state index in [0.717, 1.165) is 11.8 Å². The molecule has 1 fully saturated rings. The second kappa shape index (κ2) is 7.58. The molecule has 0 saturated carbocycles. The highest BCUT2D eigenvalue weighted by Gasteiger charge is 2.30. The van der Waals surface area contributed by atoms with Crippen molar-refractivity contribution in [3.8, 4) is 0 Å². The minimum absolute atomic E-state index is 0.202. The number of aromatic nitrogens is 3. The van der Waals surface area contributed by atoms with Crippen LogP contribution in [0.2, 0.25) is 0 Å². The van der Waals surface area contributed by atoms with E-state index >= 15 is 0 Å². The van der Waals surface area contributed by atoms with E-state index in [2.05, 4.69) is 25.6 Å². The summed E-state index contributed by atoms with van der Waals surface area (Å²) < 4.78 is 23.5. The zero-order chi connectivity index (χ0) is 21.5. The molecule has 2 aromatic heterocycles. The van der Waals surface area contributed by atoms with Gasteiger partial charge in [-0.25, -0.2) is 23.0 Å². The number of sulfone groups is 1. The number of hydrogen-bond donors (Lipinski definition) is 4. The molecule has 11 heteroatoms. The summed E-state index contributed by atoms with van der Waals surface area (Å²) in [4.78, 5) is 36.3. The van der Waals surface area contributed by atoms with E-state index in [1.54, 1.807) is 30.2 Å². The Labute approximate surface area is 172 Å². The third-order valence-electron chi connectivity index (χ3n) is 5.18. The van der Waals surface area contributed by atoms with E-state index in [9.17, 15) is 18.0 Å². The Kier molecular flexibility index (Phi) is 5.08.